The van der Waals surface area contributed by atoms with Crippen LogP contribution in [0, 0.1) is 30.1 Å². The van der Waals surface area contributed by atoms with Crippen LogP contribution in [0.25, 0.3) is 0 Å². The van der Waals surface area contributed by atoms with E-state index >= 15 is 0 Å². The average Bonchev–Trinajstić information content (AvgIpc) is 2.19. The van der Waals surface area contributed by atoms with Crippen molar-refractivity contribution >= 4 is 0 Å². The summed E-state index contributed by atoms with van der Waals surface area (Å²) in [7, 11) is 0. The molecule has 16 heavy (non-hydrogen) atoms. The molecule has 0 N–H and O–H groups in total. The molecule has 1 aromatic rings. The molecule has 0 spiro atoms. The van der Waals surface area contributed by atoms with Crippen molar-refractivity contribution in [3.8, 4) is 6.07 Å². The second-order valence-electron chi connectivity index (χ2n) is 5.42. The number of nitriles is 1. The van der Waals surface area contributed by atoms with Gasteiger partial charge in [0.05, 0.1) is 11.5 Å². The summed E-state index contributed by atoms with van der Waals surface area (Å²) in [5, 5.41) is 9.46. The Morgan fingerprint density at radius 1 is 1.31 bits per heavy atom. The van der Waals surface area contributed by atoms with Crippen LogP contribution in [0.4, 0.5) is 0 Å². The van der Waals surface area contributed by atoms with E-state index in [2.05, 4.69) is 39.0 Å². The van der Waals surface area contributed by atoms with Crippen molar-refractivity contribution in [3.05, 3.63) is 35.4 Å². The van der Waals surface area contributed by atoms with Gasteiger partial charge in [-0.2, -0.15) is 5.26 Å². The molecule has 0 aromatic heterocycles. The fourth-order valence-electron chi connectivity index (χ4n) is 2.79. The quantitative estimate of drug-likeness (QED) is 0.732. The molecule has 1 aliphatic rings. The molecule has 0 amide bonds. The molecular formula is C15H19N. The maximum absolute atomic E-state index is 9.46. The zero-order chi connectivity index (χ0) is 11.8. The molecule has 0 aliphatic heterocycles. The Kier molecular flexibility index (Phi) is 2.76. The van der Waals surface area contributed by atoms with Gasteiger partial charge in [-0.05, 0) is 42.7 Å². The maximum Gasteiger partial charge on any atom is 0.0830 e. The Labute approximate surface area is 98.1 Å². The summed E-state index contributed by atoms with van der Waals surface area (Å²) in [5.74, 6) is 1.42. The van der Waals surface area contributed by atoms with Crippen LogP contribution in [0.1, 0.15) is 37.8 Å². The topological polar surface area (TPSA) is 23.8 Å². The van der Waals surface area contributed by atoms with Crippen molar-refractivity contribution in [2.24, 2.45) is 11.8 Å². The molecule has 1 fully saturated rings. The van der Waals surface area contributed by atoms with Gasteiger partial charge in [-0.3, -0.25) is 0 Å². The van der Waals surface area contributed by atoms with Crippen molar-refractivity contribution in [2.45, 2.75) is 39.0 Å². The monoisotopic (exact) mass is 213 g/mol. The van der Waals surface area contributed by atoms with Gasteiger partial charge in [0.25, 0.3) is 0 Å². The van der Waals surface area contributed by atoms with Gasteiger partial charge in [-0.1, -0.05) is 38.1 Å². The number of hydrogen-bond acceptors (Lipinski definition) is 1. The van der Waals surface area contributed by atoms with E-state index in [0.717, 1.165) is 18.8 Å². The SMILES string of the molecule is Cc1ccccc1C1(C#N)CC(C(C)C)C1. The second-order valence-corrected chi connectivity index (χ2v) is 5.42. The van der Waals surface area contributed by atoms with Crippen LogP contribution in [-0.2, 0) is 5.41 Å². The Bertz CT molecular complexity index is 419. The Hall–Kier alpha value is -1.29. The largest absolute Gasteiger partial charge is 0.197 e. The number of aryl methyl sites for hydroxylation is 1. The summed E-state index contributed by atoms with van der Waals surface area (Å²) >= 11 is 0. The number of rotatable bonds is 2. The third-order valence-electron chi connectivity index (χ3n) is 4.04. The lowest BCUT2D eigenvalue weighted by molar-refractivity contribution is 0.144. The van der Waals surface area contributed by atoms with Crippen molar-refractivity contribution in [2.75, 3.05) is 0 Å². The van der Waals surface area contributed by atoms with Crippen LogP contribution >= 0.6 is 0 Å². The summed E-state index contributed by atoms with van der Waals surface area (Å²) in [6.45, 7) is 6.62. The van der Waals surface area contributed by atoms with Gasteiger partial charge in [0.1, 0.15) is 0 Å². The van der Waals surface area contributed by atoms with Crippen molar-refractivity contribution in [3.63, 3.8) is 0 Å². The lowest BCUT2D eigenvalue weighted by Crippen LogP contribution is -2.42. The predicted octanol–water partition coefficient (Wildman–Crippen LogP) is 3.82. The van der Waals surface area contributed by atoms with Gasteiger partial charge >= 0.3 is 0 Å². The van der Waals surface area contributed by atoms with Crippen LogP contribution in [-0.4, -0.2) is 0 Å². The van der Waals surface area contributed by atoms with E-state index in [0.29, 0.717) is 5.92 Å². The van der Waals surface area contributed by atoms with Gasteiger partial charge in [-0.15, -0.1) is 0 Å². The van der Waals surface area contributed by atoms with Crippen LogP contribution in [0.15, 0.2) is 24.3 Å². The van der Waals surface area contributed by atoms with Gasteiger partial charge in [0.2, 0.25) is 0 Å². The molecule has 0 unspecified atom stereocenters. The Morgan fingerprint density at radius 3 is 2.44 bits per heavy atom. The number of benzene rings is 1. The highest BCUT2D eigenvalue weighted by Crippen LogP contribution is 2.50. The first-order chi connectivity index (χ1) is 7.59. The highest BCUT2D eigenvalue weighted by Gasteiger charge is 2.47. The minimum atomic E-state index is -0.194. The summed E-state index contributed by atoms with van der Waals surface area (Å²) in [6.07, 6.45) is 2.07. The number of hydrogen-bond donors (Lipinski definition) is 0. The molecule has 0 atom stereocenters. The maximum atomic E-state index is 9.46. The first kappa shape index (κ1) is 11.2. The Balaban J connectivity index is 2.27. The molecule has 1 aromatic carbocycles. The van der Waals surface area contributed by atoms with E-state index < -0.39 is 0 Å². The van der Waals surface area contributed by atoms with Crippen LogP contribution < -0.4 is 0 Å². The summed E-state index contributed by atoms with van der Waals surface area (Å²) in [5.41, 5.74) is 2.31. The molecule has 2 rings (SSSR count). The molecule has 84 valence electrons. The van der Waals surface area contributed by atoms with E-state index in [1.807, 2.05) is 12.1 Å². The highest BCUT2D eigenvalue weighted by molar-refractivity contribution is 5.41. The van der Waals surface area contributed by atoms with Gasteiger partial charge in [0.15, 0.2) is 0 Å². The van der Waals surface area contributed by atoms with Gasteiger partial charge in [-0.25, -0.2) is 0 Å². The third kappa shape index (κ3) is 1.63. The van der Waals surface area contributed by atoms with E-state index in [4.69, 9.17) is 0 Å². The van der Waals surface area contributed by atoms with Gasteiger partial charge < -0.3 is 0 Å². The zero-order valence-electron chi connectivity index (χ0n) is 10.3. The molecule has 0 radical (unpaired) electrons. The molecule has 1 aliphatic carbocycles. The summed E-state index contributed by atoms with van der Waals surface area (Å²) < 4.78 is 0. The summed E-state index contributed by atoms with van der Waals surface area (Å²) in [6, 6.07) is 10.9. The third-order valence-corrected chi connectivity index (χ3v) is 4.04. The predicted molar refractivity (Wildman–Crippen MR) is 66.0 cm³/mol. The van der Waals surface area contributed by atoms with Crippen molar-refractivity contribution in [1.29, 1.82) is 5.26 Å². The lowest BCUT2D eigenvalue weighted by atomic mass is 9.56. The van der Waals surface area contributed by atoms with E-state index in [-0.39, 0.29) is 5.41 Å². The smallest absolute Gasteiger partial charge is 0.0830 e. The molecule has 0 heterocycles. The van der Waals surface area contributed by atoms with E-state index in [1.54, 1.807) is 0 Å². The molecule has 0 bridgehead atoms. The average molecular weight is 213 g/mol. The van der Waals surface area contributed by atoms with Crippen molar-refractivity contribution < 1.29 is 0 Å². The normalized spacial score (nSPS) is 28.6. The zero-order valence-corrected chi connectivity index (χ0v) is 10.3. The van der Waals surface area contributed by atoms with Crippen LogP contribution in [0.2, 0.25) is 0 Å². The molecule has 1 saturated carbocycles. The van der Waals surface area contributed by atoms with E-state index in [9.17, 15) is 5.26 Å². The fraction of sp³-hybridized carbons (Fsp3) is 0.533. The molecule has 1 heteroatoms. The van der Waals surface area contributed by atoms with E-state index in [1.165, 1.54) is 11.1 Å². The molecular weight excluding hydrogens is 194 g/mol. The molecule has 0 saturated heterocycles. The minimum absolute atomic E-state index is 0.194. The first-order valence-corrected chi connectivity index (χ1v) is 6.06. The minimum Gasteiger partial charge on any atom is -0.197 e. The first-order valence-electron chi connectivity index (χ1n) is 6.06. The number of nitrogens with zero attached hydrogens (tertiary/aromatic N) is 1. The fourth-order valence-corrected chi connectivity index (χ4v) is 2.79. The van der Waals surface area contributed by atoms with Crippen LogP contribution in [0.3, 0.4) is 0 Å². The van der Waals surface area contributed by atoms with Crippen molar-refractivity contribution in [1.82, 2.24) is 0 Å². The standard InChI is InChI=1S/C15H19N/c1-11(2)13-8-15(9-13,10-16)14-7-5-4-6-12(14)3/h4-7,11,13H,8-9H2,1-3H3. The Morgan fingerprint density at radius 2 is 1.94 bits per heavy atom. The lowest BCUT2D eigenvalue weighted by Gasteiger charge is -2.45. The highest BCUT2D eigenvalue weighted by atomic mass is 14.5. The summed E-state index contributed by atoms with van der Waals surface area (Å²) in [4.78, 5) is 0. The van der Waals surface area contributed by atoms with Gasteiger partial charge in [0, 0.05) is 0 Å². The molecule has 1 nitrogen and oxygen atoms in total. The second kappa shape index (κ2) is 3.94. The van der Waals surface area contributed by atoms with Crippen LogP contribution in [0.5, 0.6) is 0 Å².